The fourth-order valence-corrected chi connectivity index (χ4v) is 3.32. The highest BCUT2D eigenvalue weighted by molar-refractivity contribution is 5.75. The third-order valence-electron chi connectivity index (χ3n) is 4.52. The van der Waals surface area contributed by atoms with E-state index < -0.39 is 0 Å². The number of likely N-dealkylation sites (N-methyl/N-ethyl adjacent to an activating group) is 1. The zero-order chi connectivity index (χ0) is 15.4. The lowest BCUT2D eigenvalue weighted by Gasteiger charge is -2.31. The van der Waals surface area contributed by atoms with Gasteiger partial charge >= 0.3 is 6.03 Å². The van der Waals surface area contributed by atoms with Crippen molar-refractivity contribution in [1.29, 1.82) is 0 Å². The Balaban J connectivity index is 1.55. The molecule has 1 aromatic carbocycles. The number of carbonyl (C=O) groups is 1. The second-order valence-corrected chi connectivity index (χ2v) is 6.20. The first kappa shape index (κ1) is 15.3. The average Bonchev–Trinajstić information content (AvgIpc) is 3.03. The maximum absolute atomic E-state index is 12.5. The SMILES string of the molecule is CN1CCOC(CNC(=O)N2CCCC2c2ccccc2)C1. The number of carbonyl (C=O) groups excluding carboxylic acids is 1. The fourth-order valence-electron chi connectivity index (χ4n) is 3.32. The molecule has 2 amide bonds. The number of ether oxygens (including phenoxy) is 1. The van der Waals surface area contributed by atoms with Crippen LogP contribution in [0.15, 0.2) is 30.3 Å². The Morgan fingerprint density at radius 2 is 2.14 bits per heavy atom. The molecule has 0 saturated carbocycles. The minimum atomic E-state index is 0.0307. The number of urea groups is 1. The van der Waals surface area contributed by atoms with E-state index in [0.29, 0.717) is 6.54 Å². The minimum absolute atomic E-state index is 0.0307. The summed E-state index contributed by atoms with van der Waals surface area (Å²) in [5, 5.41) is 3.05. The summed E-state index contributed by atoms with van der Waals surface area (Å²) >= 11 is 0. The van der Waals surface area contributed by atoms with Gasteiger partial charge < -0.3 is 19.9 Å². The van der Waals surface area contributed by atoms with Gasteiger partial charge in [-0.05, 0) is 25.5 Å². The molecule has 2 saturated heterocycles. The first-order valence-corrected chi connectivity index (χ1v) is 8.13. The van der Waals surface area contributed by atoms with Crippen LogP contribution in [0.5, 0.6) is 0 Å². The van der Waals surface area contributed by atoms with Crippen molar-refractivity contribution in [2.75, 3.05) is 39.8 Å². The second kappa shape index (κ2) is 7.11. The molecule has 120 valence electrons. The lowest BCUT2D eigenvalue weighted by atomic mass is 10.1. The number of nitrogens with one attached hydrogen (secondary N) is 1. The van der Waals surface area contributed by atoms with Crippen molar-refractivity contribution in [3.05, 3.63) is 35.9 Å². The van der Waals surface area contributed by atoms with Gasteiger partial charge in [-0.25, -0.2) is 4.79 Å². The Bertz CT molecular complexity index is 494. The van der Waals surface area contributed by atoms with Gasteiger partial charge in [0.1, 0.15) is 0 Å². The van der Waals surface area contributed by atoms with Crippen LogP contribution in [0.3, 0.4) is 0 Å². The van der Waals surface area contributed by atoms with Crippen LogP contribution in [0.25, 0.3) is 0 Å². The molecule has 2 atom stereocenters. The van der Waals surface area contributed by atoms with Crippen molar-refractivity contribution in [3.63, 3.8) is 0 Å². The molecular formula is C17H25N3O2. The summed E-state index contributed by atoms with van der Waals surface area (Å²) in [6, 6.07) is 10.5. The van der Waals surface area contributed by atoms with E-state index in [1.807, 2.05) is 23.1 Å². The number of amides is 2. The maximum atomic E-state index is 12.5. The van der Waals surface area contributed by atoms with Gasteiger partial charge in [-0.2, -0.15) is 0 Å². The third kappa shape index (κ3) is 3.59. The lowest BCUT2D eigenvalue weighted by molar-refractivity contribution is -0.0172. The van der Waals surface area contributed by atoms with Gasteiger partial charge in [0.05, 0.1) is 18.8 Å². The van der Waals surface area contributed by atoms with Gasteiger partial charge in [0, 0.05) is 26.2 Å². The second-order valence-electron chi connectivity index (χ2n) is 6.20. The zero-order valence-corrected chi connectivity index (χ0v) is 13.2. The Kier molecular flexibility index (Phi) is 4.95. The molecule has 5 nitrogen and oxygen atoms in total. The lowest BCUT2D eigenvalue weighted by Crippen LogP contribution is -2.48. The predicted octanol–water partition coefficient (Wildman–Crippen LogP) is 1.86. The standard InChI is InChI=1S/C17H25N3O2/c1-19-10-11-22-15(13-19)12-18-17(21)20-9-5-8-16(20)14-6-3-2-4-7-14/h2-4,6-7,15-16H,5,8-13H2,1H3,(H,18,21). The van der Waals surface area contributed by atoms with Gasteiger partial charge in [0.15, 0.2) is 0 Å². The van der Waals surface area contributed by atoms with Gasteiger partial charge in [0.2, 0.25) is 0 Å². The molecule has 0 bridgehead atoms. The quantitative estimate of drug-likeness (QED) is 0.927. The first-order valence-electron chi connectivity index (χ1n) is 8.13. The van der Waals surface area contributed by atoms with Crippen LogP contribution in [0.1, 0.15) is 24.4 Å². The Hall–Kier alpha value is -1.59. The van der Waals surface area contributed by atoms with Gasteiger partial charge in [-0.1, -0.05) is 30.3 Å². The molecule has 5 heteroatoms. The molecule has 2 heterocycles. The van der Waals surface area contributed by atoms with Crippen LogP contribution in [-0.4, -0.2) is 61.8 Å². The molecule has 0 aromatic heterocycles. The number of hydrogen-bond acceptors (Lipinski definition) is 3. The van der Waals surface area contributed by atoms with E-state index in [-0.39, 0.29) is 18.2 Å². The Morgan fingerprint density at radius 3 is 2.91 bits per heavy atom. The van der Waals surface area contributed by atoms with Crippen LogP contribution in [-0.2, 0) is 4.74 Å². The van der Waals surface area contributed by atoms with E-state index in [2.05, 4.69) is 29.4 Å². The molecule has 2 aliphatic heterocycles. The molecule has 2 fully saturated rings. The molecule has 2 aliphatic rings. The van der Waals surface area contributed by atoms with E-state index in [0.717, 1.165) is 39.1 Å². The normalized spacial score (nSPS) is 26.1. The highest BCUT2D eigenvalue weighted by atomic mass is 16.5. The molecule has 1 N–H and O–H groups in total. The van der Waals surface area contributed by atoms with Crippen LogP contribution in [0.4, 0.5) is 4.79 Å². The third-order valence-corrected chi connectivity index (χ3v) is 4.52. The molecule has 1 aromatic rings. The highest BCUT2D eigenvalue weighted by Gasteiger charge is 2.30. The van der Waals surface area contributed by atoms with Crippen molar-refractivity contribution in [2.45, 2.75) is 25.0 Å². The molecule has 0 radical (unpaired) electrons. The predicted molar refractivity (Wildman–Crippen MR) is 85.8 cm³/mol. The molecule has 0 aliphatic carbocycles. The highest BCUT2D eigenvalue weighted by Crippen LogP contribution is 2.31. The first-order chi connectivity index (χ1) is 10.7. The number of morpholine rings is 1. The van der Waals surface area contributed by atoms with Crippen molar-refractivity contribution in [2.24, 2.45) is 0 Å². The zero-order valence-electron chi connectivity index (χ0n) is 13.2. The number of nitrogens with zero attached hydrogens (tertiary/aromatic N) is 2. The fraction of sp³-hybridized carbons (Fsp3) is 0.588. The summed E-state index contributed by atoms with van der Waals surface area (Å²) in [6.45, 7) is 4.00. The summed E-state index contributed by atoms with van der Waals surface area (Å²) < 4.78 is 5.70. The van der Waals surface area contributed by atoms with E-state index in [1.54, 1.807) is 0 Å². The van der Waals surface area contributed by atoms with Crippen molar-refractivity contribution in [1.82, 2.24) is 15.1 Å². The Morgan fingerprint density at radius 1 is 1.32 bits per heavy atom. The van der Waals surface area contributed by atoms with Gasteiger partial charge in [0.25, 0.3) is 0 Å². The van der Waals surface area contributed by atoms with Crippen molar-refractivity contribution < 1.29 is 9.53 Å². The molecular weight excluding hydrogens is 278 g/mol. The molecule has 22 heavy (non-hydrogen) atoms. The number of hydrogen-bond donors (Lipinski definition) is 1. The summed E-state index contributed by atoms with van der Waals surface area (Å²) in [5.74, 6) is 0. The van der Waals surface area contributed by atoms with E-state index in [1.165, 1.54) is 5.56 Å². The summed E-state index contributed by atoms with van der Waals surface area (Å²) in [5.41, 5.74) is 1.23. The van der Waals surface area contributed by atoms with E-state index in [9.17, 15) is 4.79 Å². The number of benzene rings is 1. The summed E-state index contributed by atoms with van der Waals surface area (Å²) in [6.07, 6.45) is 2.20. The topological polar surface area (TPSA) is 44.8 Å². The van der Waals surface area contributed by atoms with E-state index in [4.69, 9.17) is 4.74 Å². The van der Waals surface area contributed by atoms with Crippen LogP contribution >= 0.6 is 0 Å². The van der Waals surface area contributed by atoms with Crippen molar-refractivity contribution >= 4 is 6.03 Å². The number of likely N-dealkylation sites (tertiary alicyclic amines) is 1. The monoisotopic (exact) mass is 303 g/mol. The van der Waals surface area contributed by atoms with Crippen LogP contribution in [0, 0.1) is 0 Å². The van der Waals surface area contributed by atoms with Crippen molar-refractivity contribution in [3.8, 4) is 0 Å². The minimum Gasteiger partial charge on any atom is -0.374 e. The van der Waals surface area contributed by atoms with Gasteiger partial charge in [-0.15, -0.1) is 0 Å². The smallest absolute Gasteiger partial charge is 0.318 e. The van der Waals surface area contributed by atoms with Crippen LogP contribution in [0.2, 0.25) is 0 Å². The van der Waals surface area contributed by atoms with E-state index >= 15 is 0 Å². The summed E-state index contributed by atoms with van der Waals surface area (Å²) in [4.78, 5) is 16.7. The average molecular weight is 303 g/mol. The Labute approximate surface area is 132 Å². The van der Waals surface area contributed by atoms with Gasteiger partial charge in [-0.3, -0.25) is 0 Å². The molecule has 0 spiro atoms. The summed E-state index contributed by atoms with van der Waals surface area (Å²) in [7, 11) is 2.09. The molecule has 3 rings (SSSR count). The van der Waals surface area contributed by atoms with Crippen LogP contribution < -0.4 is 5.32 Å². The molecule has 2 unspecified atom stereocenters. The number of rotatable bonds is 3. The largest absolute Gasteiger partial charge is 0.374 e. The maximum Gasteiger partial charge on any atom is 0.318 e.